The van der Waals surface area contributed by atoms with E-state index in [1.165, 1.54) is 16.7 Å². The first-order valence-electron chi connectivity index (χ1n) is 10.3. The lowest BCUT2D eigenvalue weighted by Crippen LogP contribution is -2.37. The lowest BCUT2D eigenvalue weighted by molar-refractivity contribution is 0.122. The number of rotatable bonds is 5. The standard InChI is InChI=1S/C22H28N6OS/c1-14(2)18-11-19(16(4)10-15(18)3)20-25-26-22(30-5)28(20)17-12-23-21(24-13-17)27-6-8-29-9-7-27/h10-14H,6-9H2,1-5H3. The minimum absolute atomic E-state index is 0.442. The molecule has 30 heavy (non-hydrogen) atoms. The maximum atomic E-state index is 5.42. The van der Waals surface area contributed by atoms with Crippen molar-refractivity contribution in [1.82, 2.24) is 24.7 Å². The number of thioether (sulfide) groups is 1. The Labute approximate surface area is 181 Å². The van der Waals surface area contributed by atoms with Gasteiger partial charge in [-0.25, -0.2) is 9.97 Å². The van der Waals surface area contributed by atoms with Crippen molar-refractivity contribution in [2.75, 3.05) is 37.5 Å². The van der Waals surface area contributed by atoms with E-state index in [9.17, 15) is 0 Å². The number of hydrogen-bond acceptors (Lipinski definition) is 7. The van der Waals surface area contributed by atoms with Crippen molar-refractivity contribution in [3.05, 3.63) is 41.2 Å². The van der Waals surface area contributed by atoms with Crippen LogP contribution < -0.4 is 4.90 Å². The molecular formula is C22H28N6OS. The monoisotopic (exact) mass is 424 g/mol. The van der Waals surface area contributed by atoms with E-state index in [0.29, 0.717) is 19.1 Å². The summed E-state index contributed by atoms with van der Waals surface area (Å²) in [5.41, 5.74) is 5.77. The molecule has 3 aromatic rings. The molecule has 1 saturated heterocycles. The first-order chi connectivity index (χ1) is 14.5. The van der Waals surface area contributed by atoms with E-state index in [4.69, 9.17) is 4.74 Å². The lowest BCUT2D eigenvalue weighted by Gasteiger charge is -2.26. The second-order valence-corrected chi connectivity index (χ2v) is 8.64. The molecule has 2 aromatic heterocycles. The Bertz CT molecular complexity index is 1020. The van der Waals surface area contributed by atoms with Gasteiger partial charge in [0, 0.05) is 18.7 Å². The van der Waals surface area contributed by atoms with Gasteiger partial charge in [-0.2, -0.15) is 0 Å². The van der Waals surface area contributed by atoms with Crippen molar-refractivity contribution >= 4 is 17.7 Å². The largest absolute Gasteiger partial charge is 0.378 e. The van der Waals surface area contributed by atoms with E-state index in [-0.39, 0.29) is 0 Å². The predicted octanol–water partition coefficient (Wildman–Crippen LogP) is 4.02. The highest BCUT2D eigenvalue weighted by molar-refractivity contribution is 7.98. The molecule has 0 saturated carbocycles. The van der Waals surface area contributed by atoms with Crippen molar-refractivity contribution in [2.45, 2.75) is 38.8 Å². The summed E-state index contributed by atoms with van der Waals surface area (Å²) in [6, 6.07) is 4.49. The maximum absolute atomic E-state index is 5.42. The third-order valence-corrected chi connectivity index (χ3v) is 6.10. The minimum atomic E-state index is 0.442. The fourth-order valence-corrected chi connectivity index (χ4v) is 4.39. The van der Waals surface area contributed by atoms with Crippen LogP contribution in [0.5, 0.6) is 0 Å². The molecule has 0 radical (unpaired) electrons. The van der Waals surface area contributed by atoms with Crippen molar-refractivity contribution in [3.63, 3.8) is 0 Å². The number of hydrogen-bond donors (Lipinski definition) is 0. The van der Waals surface area contributed by atoms with Gasteiger partial charge in [0.05, 0.1) is 31.3 Å². The topological polar surface area (TPSA) is 69.0 Å². The Morgan fingerprint density at radius 3 is 2.33 bits per heavy atom. The van der Waals surface area contributed by atoms with Crippen LogP contribution in [0.4, 0.5) is 5.95 Å². The number of benzene rings is 1. The van der Waals surface area contributed by atoms with E-state index in [1.54, 1.807) is 11.8 Å². The molecule has 3 heterocycles. The molecule has 158 valence electrons. The van der Waals surface area contributed by atoms with Crippen LogP contribution in [0.2, 0.25) is 0 Å². The summed E-state index contributed by atoms with van der Waals surface area (Å²) in [6.45, 7) is 11.8. The molecule has 1 aliphatic rings. The van der Waals surface area contributed by atoms with Crippen LogP contribution >= 0.6 is 11.8 Å². The highest BCUT2D eigenvalue weighted by Crippen LogP contribution is 2.32. The summed E-state index contributed by atoms with van der Waals surface area (Å²) in [7, 11) is 0. The van der Waals surface area contributed by atoms with Gasteiger partial charge in [0.15, 0.2) is 11.0 Å². The van der Waals surface area contributed by atoms with Crippen LogP contribution in [0.15, 0.2) is 29.7 Å². The number of aryl methyl sites for hydroxylation is 2. The first kappa shape index (κ1) is 20.8. The zero-order chi connectivity index (χ0) is 21.3. The van der Waals surface area contributed by atoms with Gasteiger partial charge in [-0.15, -0.1) is 10.2 Å². The molecule has 8 heteroatoms. The smallest absolute Gasteiger partial charge is 0.225 e. The van der Waals surface area contributed by atoms with Crippen molar-refractivity contribution in [2.24, 2.45) is 0 Å². The molecule has 1 aliphatic heterocycles. The average Bonchev–Trinajstić information content (AvgIpc) is 3.18. The van der Waals surface area contributed by atoms with Crippen molar-refractivity contribution in [3.8, 4) is 17.1 Å². The molecule has 0 aliphatic carbocycles. The summed E-state index contributed by atoms with van der Waals surface area (Å²) in [6.07, 6.45) is 5.73. The highest BCUT2D eigenvalue weighted by atomic mass is 32.2. The van der Waals surface area contributed by atoms with Gasteiger partial charge in [-0.1, -0.05) is 31.7 Å². The van der Waals surface area contributed by atoms with Gasteiger partial charge in [-0.05, 0) is 48.8 Å². The molecule has 0 spiro atoms. The number of morpholine rings is 1. The maximum Gasteiger partial charge on any atom is 0.225 e. The highest BCUT2D eigenvalue weighted by Gasteiger charge is 2.20. The van der Waals surface area contributed by atoms with Gasteiger partial charge < -0.3 is 9.64 Å². The quantitative estimate of drug-likeness (QED) is 0.573. The van der Waals surface area contributed by atoms with Gasteiger partial charge in [0.2, 0.25) is 5.95 Å². The molecule has 0 bridgehead atoms. The molecule has 1 aromatic carbocycles. The summed E-state index contributed by atoms with van der Waals surface area (Å²) >= 11 is 1.56. The molecule has 7 nitrogen and oxygen atoms in total. The first-order valence-corrected chi connectivity index (χ1v) is 11.5. The van der Waals surface area contributed by atoms with Gasteiger partial charge in [-0.3, -0.25) is 4.57 Å². The Morgan fingerprint density at radius 2 is 1.70 bits per heavy atom. The molecule has 0 unspecified atom stereocenters. The Hall–Kier alpha value is -2.45. The molecule has 0 atom stereocenters. The van der Waals surface area contributed by atoms with Crippen molar-refractivity contribution < 1.29 is 4.74 Å². The van der Waals surface area contributed by atoms with E-state index >= 15 is 0 Å². The zero-order valence-electron chi connectivity index (χ0n) is 18.2. The average molecular weight is 425 g/mol. The van der Waals surface area contributed by atoms with Crippen LogP contribution in [0.1, 0.15) is 36.5 Å². The molecule has 0 N–H and O–H groups in total. The number of ether oxygens (including phenoxy) is 1. The van der Waals surface area contributed by atoms with Gasteiger partial charge in [0.1, 0.15) is 0 Å². The Balaban J connectivity index is 1.77. The third kappa shape index (κ3) is 3.94. The van der Waals surface area contributed by atoms with Crippen LogP contribution in [-0.2, 0) is 4.74 Å². The molecule has 0 amide bonds. The van der Waals surface area contributed by atoms with Crippen molar-refractivity contribution in [1.29, 1.82) is 0 Å². The van der Waals surface area contributed by atoms with E-state index in [2.05, 4.69) is 69.5 Å². The lowest BCUT2D eigenvalue weighted by atomic mass is 9.93. The summed E-state index contributed by atoms with van der Waals surface area (Å²) in [5.74, 6) is 1.99. The third-order valence-electron chi connectivity index (χ3n) is 5.47. The predicted molar refractivity (Wildman–Crippen MR) is 121 cm³/mol. The molecular weight excluding hydrogens is 396 g/mol. The second-order valence-electron chi connectivity index (χ2n) is 7.86. The van der Waals surface area contributed by atoms with Crippen LogP contribution in [-0.4, -0.2) is 57.3 Å². The second kappa shape index (κ2) is 8.73. The molecule has 4 rings (SSSR count). The fourth-order valence-electron chi connectivity index (χ4n) is 3.90. The van der Waals surface area contributed by atoms with Gasteiger partial charge in [0.25, 0.3) is 0 Å². The fraction of sp³-hybridized carbons (Fsp3) is 0.455. The number of nitrogens with zero attached hydrogens (tertiary/aromatic N) is 6. The van der Waals surface area contributed by atoms with Crippen LogP contribution in [0.3, 0.4) is 0 Å². The number of anilines is 1. The zero-order valence-corrected chi connectivity index (χ0v) is 19.0. The van der Waals surface area contributed by atoms with E-state index < -0.39 is 0 Å². The van der Waals surface area contributed by atoms with E-state index in [0.717, 1.165) is 41.3 Å². The molecule has 1 fully saturated rings. The minimum Gasteiger partial charge on any atom is -0.378 e. The normalized spacial score (nSPS) is 14.5. The SMILES string of the molecule is CSc1nnc(-c2cc(C(C)C)c(C)cc2C)n1-c1cnc(N2CCOCC2)nc1. The summed E-state index contributed by atoms with van der Waals surface area (Å²) < 4.78 is 7.48. The summed E-state index contributed by atoms with van der Waals surface area (Å²) in [4.78, 5) is 11.4. The number of aromatic nitrogens is 5. The van der Waals surface area contributed by atoms with Crippen LogP contribution in [0, 0.1) is 13.8 Å². The Kier molecular flexibility index (Phi) is 6.06. The Morgan fingerprint density at radius 1 is 1.00 bits per heavy atom. The van der Waals surface area contributed by atoms with Crippen LogP contribution in [0.25, 0.3) is 17.1 Å². The summed E-state index contributed by atoms with van der Waals surface area (Å²) in [5, 5.41) is 9.80. The van der Waals surface area contributed by atoms with Gasteiger partial charge >= 0.3 is 0 Å². The van der Waals surface area contributed by atoms with E-state index in [1.807, 2.05) is 18.6 Å².